The number of aryl methyl sites for hydroxylation is 1. The van der Waals surface area contributed by atoms with Crippen molar-refractivity contribution in [3.8, 4) is 11.1 Å². The molecular formula is C16H17F2N5O. The van der Waals surface area contributed by atoms with Gasteiger partial charge in [0, 0.05) is 37.2 Å². The molecule has 0 unspecified atom stereocenters. The van der Waals surface area contributed by atoms with Crippen molar-refractivity contribution < 1.29 is 13.6 Å². The van der Waals surface area contributed by atoms with Gasteiger partial charge in [0.2, 0.25) is 5.92 Å². The van der Waals surface area contributed by atoms with Crippen molar-refractivity contribution in [3.63, 3.8) is 0 Å². The first-order valence-electron chi connectivity index (χ1n) is 7.47. The van der Waals surface area contributed by atoms with E-state index < -0.39 is 18.3 Å². The third-order valence-electron chi connectivity index (χ3n) is 3.67. The number of hydrogen-bond donors (Lipinski definition) is 2. The Bertz CT molecular complexity index is 878. The first-order chi connectivity index (χ1) is 11.3. The van der Waals surface area contributed by atoms with Crippen LogP contribution in [0.2, 0.25) is 0 Å². The predicted octanol–water partition coefficient (Wildman–Crippen LogP) is 2.74. The predicted molar refractivity (Wildman–Crippen MR) is 85.9 cm³/mol. The highest BCUT2D eigenvalue weighted by Gasteiger charge is 2.21. The molecule has 0 fully saturated rings. The van der Waals surface area contributed by atoms with Gasteiger partial charge in [-0.05, 0) is 24.6 Å². The Morgan fingerprint density at radius 1 is 1.38 bits per heavy atom. The molecule has 1 aromatic carbocycles. The van der Waals surface area contributed by atoms with Crippen LogP contribution in [0.25, 0.3) is 22.0 Å². The quantitative estimate of drug-likeness (QED) is 0.754. The summed E-state index contributed by atoms with van der Waals surface area (Å²) in [4.78, 5) is 12.2. The van der Waals surface area contributed by atoms with Gasteiger partial charge in [0.25, 0.3) is 5.91 Å². The maximum absolute atomic E-state index is 12.8. The fraction of sp³-hybridized carbons (Fsp3) is 0.312. The van der Waals surface area contributed by atoms with E-state index in [0.29, 0.717) is 10.9 Å². The summed E-state index contributed by atoms with van der Waals surface area (Å²) in [6.07, 6.45) is 3.18. The molecule has 0 radical (unpaired) electrons. The van der Waals surface area contributed by atoms with Crippen LogP contribution in [0.4, 0.5) is 8.78 Å². The van der Waals surface area contributed by atoms with Crippen LogP contribution in [0, 0.1) is 0 Å². The molecule has 2 aromatic heterocycles. The number of benzene rings is 1. The zero-order valence-corrected chi connectivity index (χ0v) is 13.3. The molecule has 0 aliphatic carbocycles. The Labute approximate surface area is 136 Å². The summed E-state index contributed by atoms with van der Waals surface area (Å²) in [5.74, 6) is -3.29. The topological polar surface area (TPSA) is 75.6 Å². The maximum Gasteiger partial charge on any atom is 0.272 e. The van der Waals surface area contributed by atoms with Crippen LogP contribution in [-0.2, 0) is 7.05 Å². The number of aromatic amines is 1. The minimum Gasteiger partial charge on any atom is -0.350 e. The molecule has 8 heteroatoms. The van der Waals surface area contributed by atoms with E-state index in [2.05, 4.69) is 20.6 Å². The highest BCUT2D eigenvalue weighted by atomic mass is 19.3. The third kappa shape index (κ3) is 3.42. The van der Waals surface area contributed by atoms with Crippen molar-refractivity contribution in [2.45, 2.75) is 19.3 Å². The van der Waals surface area contributed by atoms with Gasteiger partial charge in [-0.15, -0.1) is 0 Å². The number of hydrogen-bond acceptors (Lipinski definition) is 3. The average molecular weight is 333 g/mol. The van der Waals surface area contributed by atoms with Crippen molar-refractivity contribution in [1.29, 1.82) is 0 Å². The third-order valence-corrected chi connectivity index (χ3v) is 3.67. The largest absolute Gasteiger partial charge is 0.350 e. The van der Waals surface area contributed by atoms with Gasteiger partial charge in [0.15, 0.2) is 5.69 Å². The van der Waals surface area contributed by atoms with E-state index in [1.807, 2.05) is 31.4 Å². The summed E-state index contributed by atoms with van der Waals surface area (Å²) in [6.45, 7) is 0.711. The Kier molecular flexibility index (Phi) is 4.04. The Balaban J connectivity index is 1.84. The number of aromatic nitrogens is 4. The number of fused-ring (bicyclic) bond motifs is 1. The molecule has 24 heavy (non-hydrogen) atoms. The van der Waals surface area contributed by atoms with Gasteiger partial charge in [0.1, 0.15) is 0 Å². The van der Waals surface area contributed by atoms with E-state index in [-0.39, 0.29) is 12.2 Å². The van der Waals surface area contributed by atoms with Gasteiger partial charge < -0.3 is 5.32 Å². The van der Waals surface area contributed by atoms with Gasteiger partial charge in [-0.25, -0.2) is 8.78 Å². The summed E-state index contributed by atoms with van der Waals surface area (Å²) in [5.41, 5.74) is 2.70. The zero-order chi connectivity index (χ0) is 17.3. The van der Waals surface area contributed by atoms with Crippen molar-refractivity contribution in [3.05, 3.63) is 36.3 Å². The Morgan fingerprint density at radius 3 is 2.83 bits per heavy atom. The van der Waals surface area contributed by atoms with E-state index in [0.717, 1.165) is 18.1 Å². The smallest absolute Gasteiger partial charge is 0.272 e. The van der Waals surface area contributed by atoms with Crippen molar-refractivity contribution in [2.24, 2.45) is 7.05 Å². The van der Waals surface area contributed by atoms with Crippen LogP contribution in [0.15, 0.2) is 30.6 Å². The lowest BCUT2D eigenvalue weighted by Crippen LogP contribution is -2.28. The number of rotatable bonds is 5. The van der Waals surface area contributed by atoms with Gasteiger partial charge >= 0.3 is 0 Å². The molecule has 3 rings (SSSR count). The minimum absolute atomic E-state index is 0.112. The highest BCUT2D eigenvalue weighted by Crippen LogP contribution is 2.25. The number of nitrogens with zero attached hydrogens (tertiary/aromatic N) is 3. The molecule has 0 saturated carbocycles. The summed E-state index contributed by atoms with van der Waals surface area (Å²) in [7, 11) is 1.82. The van der Waals surface area contributed by atoms with Crippen LogP contribution >= 0.6 is 0 Å². The standard InChI is InChI=1S/C16H17F2N5O/c1-16(17,18)5-6-19-15(24)14-12-7-10(3-4-13(12)21-22-14)11-8-20-23(2)9-11/h3-4,7-9H,5-6H2,1-2H3,(H,19,24)(H,21,22). The molecule has 2 heterocycles. The molecule has 0 aliphatic heterocycles. The maximum atomic E-state index is 12.8. The first-order valence-corrected chi connectivity index (χ1v) is 7.47. The second-order valence-corrected chi connectivity index (χ2v) is 5.81. The second-order valence-electron chi connectivity index (χ2n) is 5.81. The van der Waals surface area contributed by atoms with E-state index in [1.165, 1.54) is 0 Å². The lowest BCUT2D eigenvalue weighted by atomic mass is 10.1. The van der Waals surface area contributed by atoms with E-state index in [1.54, 1.807) is 10.9 Å². The normalized spacial score (nSPS) is 11.8. The lowest BCUT2D eigenvalue weighted by Gasteiger charge is -2.10. The van der Waals surface area contributed by atoms with Crippen molar-refractivity contribution in [1.82, 2.24) is 25.3 Å². The summed E-state index contributed by atoms with van der Waals surface area (Å²) >= 11 is 0. The van der Waals surface area contributed by atoms with Gasteiger partial charge in [0.05, 0.1) is 11.7 Å². The van der Waals surface area contributed by atoms with E-state index >= 15 is 0 Å². The van der Waals surface area contributed by atoms with Gasteiger partial charge in [-0.1, -0.05) is 6.07 Å². The summed E-state index contributed by atoms with van der Waals surface area (Å²) in [6, 6.07) is 5.55. The second kappa shape index (κ2) is 6.03. The first kappa shape index (κ1) is 16.1. The number of alkyl halides is 2. The van der Waals surface area contributed by atoms with Crippen LogP contribution < -0.4 is 5.32 Å². The summed E-state index contributed by atoms with van der Waals surface area (Å²) < 4.78 is 27.3. The number of nitrogens with one attached hydrogen (secondary N) is 2. The molecular weight excluding hydrogens is 316 g/mol. The minimum atomic E-state index is -2.81. The van der Waals surface area contributed by atoms with Crippen LogP contribution in [0.1, 0.15) is 23.8 Å². The molecule has 0 spiro atoms. The molecule has 3 aromatic rings. The fourth-order valence-corrected chi connectivity index (χ4v) is 2.42. The SMILES string of the molecule is Cn1cc(-c2ccc3[nH]nc(C(=O)NCCC(C)(F)F)c3c2)cn1. The molecule has 0 atom stereocenters. The average Bonchev–Trinajstić information content (AvgIpc) is 3.11. The number of carbonyl (C=O) groups excluding carboxylic acids is 1. The van der Waals surface area contributed by atoms with Crippen LogP contribution in [0.3, 0.4) is 0 Å². The zero-order valence-electron chi connectivity index (χ0n) is 13.3. The van der Waals surface area contributed by atoms with E-state index in [9.17, 15) is 13.6 Å². The van der Waals surface area contributed by atoms with Crippen molar-refractivity contribution >= 4 is 16.8 Å². The molecule has 1 amide bonds. The van der Waals surface area contributed by atoms with Gasteiger partial charge in [-0.3, -0.25) is 14.6 Å². The lowest BCUT2D eigenvalue weighted by molar-refractivity contribution is 0.0137. The number of amides is 1. The highest BCUT2D eigenvalue weighted by molar-refractivity contribution is 6.05. The number of carbonyl (C=O) groups is 1. The number of halogens is 2. The van der Waals surface area contributed by atoms with E-state index in [4.69, 9.17) is 0 Å². The molecule has 0 saturated heterocycles. The molecule has 126 valence electrons. The van der Waals surface area contributed by atoms with Gasteiger partial charge in [-0.2, -0.15) is 10.2 Å². The molecule has 0 aliphatic rings. The molecule has 0 bridgehead atoms. The van der Waals surface area contributed by atoms with Crippen LogP contribution in [-0.4, -0.2) is 38.4 Å². The monoisotopic (exact) mass is 333 g/mol. The fourth-order valence-electron chi connectivity index (χ4n) is 2.42. The molecule has 6 nitrogen and oxygen atoms in total. The Morgan fingerprint density at radius 2 is 2.17 bits per heavy atom. The molecule has 2 N–H and O–H groups in total. The number of H-pyrrole nitrogens is 1. The Hall–Kier alpha value is -2.77. The van der Waals surface area contributed by atoms with Crippen LogP contribution in [0.5, 0.6) is 0 Å². The summed E-state index contributed by atoms with van der Waals surface area (Å²) in [5, 5.41) is 14.0. The van der Waals surface area contributed by atoms with Crippen molar-refractivity contribution in [2.75, 3.05) is 6.54 Å².